The summed E-state index contributed by atoms with van der Waals surface area (Å²) in [4.78, 5) is 0. The van der Waals surface area contributed by atoms with Gasteiger partial charge in [0.1, 0.15) is 13.2 Å². The standard InChI is InChI=1S/C16H24ClNO2/c1-4-18-11-16(2,3)6-5-12-9-14-15(10-13(12)17)20-8-7-19-14/h9-10,18H,4-8,11H2,1-3H3. The Kier molecular flexibility index (Phi) is 5.17. The van der Waals surface area contributed by atoms with E-state index in [9.17, 15) is 0 Å². The maximum Gasteiger partial charge on any atom is 0.162 e. The molecule has 0 bridgehead atoms. The molecule has 1 aromatic carbocycles. The van der Waals surface area contributed by atoms with Gasteiger partial charge in [-0.1, -0.05) is 32.4 Å². The predicted molar refractivity (Wildman–Crippen MR) is 83.1 cm³/mol. The Morgan fingerprint density at radius 1 is 1.20 bits per heavy atom. The molecular formula is C16H24ClNO2. The van der Waals surface area contributed by atoms with Gasteiger partial charge in [0.25, 0.3) is 0 Å². The van der Waals surface area contributed by atoms with Crippen LogP contribution in [0.3, 0.4) is 0 Å². The fraction of sp³-hybridized carbons (Fsp3) is 0.625. The van der Waals surface area contributed by atoms with E-state index in [2.05, 4.69) is 26.1 Å². The van der Waals surface area contributed by atoms with Crippen LogP contribution in [0.15, 0.2) is 12.1 Å². The number of aryl methyl sites for hydroxylation is 1. The van der Waals surface area contributed by atoms with E-state index in [1.165, 1.54) is 0 Å². The lowest BCUT2D eigenvalue weighted by Crippen LogP contribution is -2.29. The summed E-state index contributed by atoms with van der Waals surface area (Å²) in [6.07, 6.45) is 2.03. The van der Waals surface area contributed by atoms with Crippen LogP contribution in [-0.4, -0.2) is 26.3 Å². The van der Waals surface area contributed by atoms with Gasteiger partial charge in [-0.2, -0.15) is 0 Å². The quantitative estimate of drug-likeness (QED) is 0.869. The van der Waals surface area contributed by atoms with Crippen molar-refractivity contribution in [1.29, 1.82) is 0 Å². The van der Waals surface area contributed by atoms with E-state index in [-0.39, 0.29) is 5.41 Å². The third-order valence-corrected chi connectivity index (χ3v) is 3.99. The van der Waals surface area contributed by atoms with E-state index >= 15 is 0 Å². The molecule has 3 nitrogen and oxygen atoms in total. The molecule has 0 spiro atoms. The number of hydrogen-bond acceptors (Lipinski definition) is 3. The first-order chi connectivity index (χ1) is 9.52. The Morgan fingerprint density at radius 2 is 1.85 bits per heavy atom. The second-order valence-electron chi connectivity index (χ2n) is 6.03. The van der Waals surface area contributed by atoms with Crippen molar-refractivity contribution >= 4 is 11.6 Å². The topological polar surface area (TPSA) is 30.5 Å². The molecule has 0 unspecified atom stereocenters. The Labute approximate surface area is 126 Å². The van der Waals surface area contributed by atoms with Gasteiger partial charge in [0.05, 0.1) is 0 Å². The number of nitrogens with one attached hydrogen (secondary N) is 1. The van der Waals surface area contributed by atoms with Crippen molar-refractivity contribution in [1.82, 2.24) is 5.32 Å². The van der Waals surface area contributed by atoms with Crippen molar-refractivity contribution in [3.63, 3.8) is 0 Å². The van der Waals surface area contributed by atoms with Gasteiger partial charge >= 0.3 is 0 Å². The Bertz CT molecular complexity index is 460. The molecule has 112 valence electrons. The van der Waals surface area contributed by atoms with Crippen LogP contribution in [0.2, 0.25) is 5.02 Å². The van der Waals surface area contributed by atoms with Crippen LogP contribution >= 0.6 is 11.6 Å². The zero-order valence-corrected chi connectivity index (χ0v) is 13.3. The van der Waals surface area contributed by atoms with Crippen LogP contribution < -0.4 is 14.8 Å². The largest absolute Gasteiger partial charge is 0.486 e. The molecule has 1 aromatic rings. The first-order valence-corrected chi connectivity index (χ1v) is 7.68. The highest BCUT2D eigenvalue weighted by molar-refractivity contribution is 6.31. The summed E-state index contributed by atoms with van der Waals surface area (Å²) in [6, 6.07) is 3.91. The van der Waals surface area contributed by atoms with Gasteiger partial charge in [-0.15, -0.1) is 0 Å². The van der Waals surface area contributed by atoms with Gasteiger partial charge in [-0.05, 0) is 36.4 Å². The monoisotopic (exact) mass is 297 g/mol. The van der Waals surface area contributed by atoms with Crippen LogP contribution in [0.25, 0.3) is 0 Å². The maximum atomic E-state index is 6.34. The Morgan fingerprint density at radius 3 is 2.50 bits per heavy atom. The average Bonchev–Trinajstić information content (AvgIpc) is 2.43. The van der Waals surface area contributed by atoms with Gasteiger partial charge in [0.15, 0.2) is 11.5 Å². The summed E-state index contributed by atoms with van der Waals surface area (Å²) in [5.41, 5.74) is 1.40. The SMILES string of the molecule is CCNCC(C)(C)CCc1cc2c(cc1Cl)OCCO2. The predicted octanol–water partition coefficient (Wildman–Crippen LogP) is 3.68. The van der Waals surface area contributed by atoms with Gasteiger partial charge in [-0.25, -0.2) is 0 Å². The minimum Gasteiger partial charge on any atom is -0.486 e. The number of hydrogen-bond donors (Lipinski definition) is 1. The van der Waals surface area contributed by atoms with E-state index in [4.69, 9.17) is 21.1 Å². The molecule has 0 saturated heterocycles. The van der Waals surface area contributed by atoms with Crippen LogP contribution in [0.5, 0.6) is 11.5 Å². The molecule has 0 atom stereocenters. The van der Waals surface area contributed by atoms with Gasteiger partial charge in [-0.3, -0.25) is 0 Å². The normalized spacial score (nSPS) is 14.4. The molecule has 4 heteroatoms. The molecule has 0 amide bonds. The van der Waals surface area contributed by atoms with Crippen LogP contribution in [0.4, 0.5) is 0 Å². The highest BCUT2D eigenvalue weighted by Gasteiger charge is 2.20. The maximum absolute atomic E-state index is 6.34. The van der Waals surface area contributed by atoms with E-state index in [1.807, 2.05) is 12.1 Å². The van der Waals surface area contributed by atoms with Crippen molar-refractivity contribution in [2.45, 2.75) is 33.6 Å². The van der Waals surface area contributed by atoms with Crippen molar-refractivity contribution in [2.75, 3.05) is 26.3 Å². The molecule has 0 aliphatic carbocycles. The lowest BCUT2D eigenvalue weighted by atomic mass is 9.86. The second-order valence-corrected chi connectivity index (χ2v) is 6.44. The molecule has 0 radical (unpaired) electrons. The highest BCUT2D eigenvalue weighted by Crippen LogP contribution is 2.36. The summed E-state index contributed by atoms with van der Waals surface area (Å²) in [7, 11) is 0. The Balaban J connectivity index is 2.02. The molecule has 2 rings (SSSR count). The van der Waals surface area contributed by atoms with E-state index in [0.717, 1.165) is 48.0 Å². The molecular weight excluding hydrogens is 274 g/mol. The molecule has 1 heterocycles. The first kappa shape index (κ1) is 15.5. The minimum absolute atomic E-state index is 0.257. The summed E-state index contributed by atoms with van der Waals surface area (Å²) < 4.78 is 11.2. The Hall–Kier alpha value is -0.930. The van der Waals surface area contributed by atoms with Crippen molar-refractivity contribution < 1.29 is 9.47 Å². The van der Waals surface area contributed by atoms with Gasteiger partial charge < -0.3 is 14.8 Å². The summed E-state index contributed by atoms with van der Waals surface area (Å²) >= 11 is 6.34. The lowest BCUT2D eigenvalue weighted by Gasteiger charge is -2.25. The number of ether oxygens (including phenoxy) is 2. The number of halogens is 1. The summed E-state index contributed by atoms with van der Waals surface area (Å²) in [5, 5.41) is 4.18. The average molecular weight is 298 g/mol. The number of fused-ring (bicyclic) bond motifs is 1. The smallest absolute Gasteiger partial charge is 0.162 e. The zero-order chi connectivity index (χ0) is 14.6. The van der Waals surface area contributed by atoms with Crippen LogP contribution in [0, 0.1) is 5.41 Å². The van der Waals surface area contributed by atoms with Gasteiger partial charge in [0.2, 0.25) is 0 Å². The molecule has 0 fully saturated rings. The third-order valence-electron chi connectivity index (χ3n) is 3.64. The minimum atomic E-state index is 0.257. The molecule has 1 aliphatic heterocycles. The van der Waals surface area contributed by atoms with Crippen LogP contribution in [0.1, 0.15) is 32.8 Å². The summed E-state index contributed by atoms with van der Waals surface area (Å²) in [5.74, 6) is 1.58. The third kappa shape index (κ3) is 4.03. The lowest BCUT2D eigenvalue weighted by molar-refractivity contribution is 0.171. The van der Waals surface area contributed by atoms with Gasteiger partial charge in [0, 0.05) is 17.6 Å². The molecule has 0 aromatic heterocycles. The van der Waals surface area contributed by atoms with E-state index in [1.54, 1.807) is 0 Å². The second kappa shape index (κ2) is 6.68. The number of rotatable bonds is 6. The molecule has 20 heavy (non-hydrogen) atoms. The first-order valence-electron chi connectivity index (χ1n) is 7.30. The van der Waals surface area contributed by atoms with Crippen molar-refractivity contribution in [2.24, 2.45) is 5.41 Å². The van der Waals surface area contributed by atoms with Crippen molar-refractivity contribution in [3.05, 3.63) is 22.7 Å². The van der Waals surface area contributed by atoms with Crippen LogP contribution in [-0.2, 0) is 6.42 Å². The van der Waals surface area contributed by atoms with E-state index in [0.29, 0.717) is 13.2 Å². The fourth-order valence-corrected chi connectivity index (χ4v) is 2.57. The van der Waals surface area contributed by atoms with Crippen molar-refractivity contribution in [3.8, 4) is 11.5 Å². The highest BCUT2D eigenvalue weighted by atomic mass is 35.5. The molecule has 1 aliphatic rings. The zero-order valence-electron chi connectivity index (χ0n) is 12.6. The molecule has 1 N–H and O–H groups in total. The van der Waals surface area contributed by atoms with E-state index < -0.39 is 0 Å². The summed E-state index contributed by atoms with van der Waals surface area (Å²) in [6.45, 7) is 9.93. The fourth-order valence-electron chi connectivity index (χ4n) is 2.32. The number of benzene rings is 1. The molecule has 0 saturated carbocycles.